The predicted molar refractivity (Wildman–Crippen MR) is 73.9 cm³/mol. The highest BCUT2D eigenvalue weighted by atomic mass is 16.5. The van der Waals surface area contributed by atoms with Gasteiger partial charge in [-0.2, -0.15) is 0 Å². The predicted octanol–water partition coefficient (Wildman–Crippen LogP) is 3.77. The first-order chi connectivity index (χ1) is 8.90. The van der Waals surface area contributed by atoms with Gasteiger partial charge >= 0.3 is 0 Å². The highest BCUT2D eigenvalue weighted by molar-refractivity contribution is 5.63. The third-order valence-electron chi connectivity index (χ3n) is 2.66. The van der Waals surface area contributed by atoms with Crippen LogP contribution in [0.4, 0.5) is 0 Å². The van der Waals surface area contributed by atoms with Gasteiger partial charge in [-0.1, -0.05) is 42.5 Å². The Morgan fingerprint density at radius 1 is 0.778 bits per heavy atom. The van der Waals surface area contributed by atoms with Gasteiger partial charge in [-0.05, 0) is 30.2 Å². The lowest BCUT2D eigenvalue weighted by Crippen LogP contribution is -2.06. The first kappa shape index (κ1) is 12.7. The summed E-state index contributed by atoms with van der Waals surface area (Å²) in [5, 5.41) is 0. The van der Waals surface area contributed by atoms with Crippen molar-refractivity contribution in [3.05, 3.63) is 54.6 Å². The van der Waals surface area contributed by atoms with E-state index in [4.69, 9.17) is 9.47 Å². The van der Waals surface area contributed by atoms with Gasteiger partial charge in [0.2, 0.25) is 0 Å². The lowest BCUT2D eigenvalue weighted by atomic mass is 10.1. The zero-order chi connectivity index (χ0) is 12.6. The van der Waals surface area contributed by atoms with Crippen molar-refractivity contribution in [2.45, 2.75) is 6.92 Å². The van der Waals surface area contributed by atoms with Crippen LogP contribution in [-0.2, 0) is 4.74 Å². The Morgan fingerprint density at radius 2 is 1.44 bits per heavy atom. The summed E-state index contributed by atoms with van der Waals surface area (Å²) < 4.78 is 10.8. The van der Waals surface area contributed by atoms with Crippen molar-refractivity contribution < 1.29 is 9.47 Å². The third kappa shape index (κ3) is 3.60. The smallest absolute Gasteiger partial charge is 0.119 e. The van der Waals surface area contributed by atoms with Gasteiger partial charge < -0.3 is 9.47 Å². The number of hydrogen-bond acceptors (Lipinski definition) is 2. The number of hydrogen-bond donors (Lipinski definition) is 0. The molecule has 0 aliphatic rings. The maximum absolute atomic E-state index is 5.57. The Labute approximate surface area is 108 Å². The minimum atomic E-state index is 0.596. The van der Waals surface area contributed by atoms with E-state index in [2.05, 4.69) is 24.3 Å². The van der Waals surface area contributed by atoms with Crippen LogP contribution in [0.25, 0.3) is 11.1 Å². The molecule has 0 radical (unpaired) electrons. The van der Waals surface area contributed by atoms with Gasteiger partial charge in [-0.25, -0.2) is 0 Å². The minimum Gasteiger partial charge on any atom is -0.491 e. The molecule has 0 atom stereocenters. The van der Waals surface area contributed by atoms with Crippen molar-refractivity contribution in [2.24, 2.45) is 0 Å². The molecule has 0 aliphatic heterocycles. The van der Waals surface area contributed by atoms with Crippen LogP contribution in [0.1, 0.15) is 6.92 Å². The molecular weight excluding hydrogens is 224 g/mol. The summed E-state index contributed by atoms with van der Waals surface area (Å²) in [6, 6.07) is 18.5. The Kier molecular flexibility index (Phi) is 4.79. The summed E-state index contributed by atoms with van der Waals surface area (Å²) in [6.07, 6.45) is 0. The molecule has 0 heterocycles. The fourth-order valence-electron chi connectivity index (χ4n) is 1.74. The first-order valence-electron chi connectivity index (χ1n) is 6.26. The molecule has 2 aromatic carbocycles. The van der Waals surface area contributed by atoms with Crippen molar-refractivity contribution in [1.29, 1.82) is 0 Å². The summed E-state index contributed by atoms with van der Waals surface area (Å²) in [5.41, 5.74) is 2.42. The van der Waals surface area contributed by atoms with Crippen molar-refractivity contribution in [3.8, 4) is 16.9 Å². The van der Waals surface area contributed by atoms with Crippen LogP contribution >= 0.6 is 0 Å². The van der Waals surface area contributed by atoms with E-state index in [1.165, 1.54) is 11.1 Å². The van der Waals surface area contributed by atoms with Crippen LogP contribution in [0, 0.1) is 0 Å². The molecule has 0 bridgehead atoms. The van der Waals surface area contributed by atoms with Crippen molar-refractivity contribution in [3.63, 3.8) is 0 Å². The molecule has 2 nitrogen and oxygen atoms in total. The largest absolute Gasteiger partial charge is 0.491 e. The van der Waals surface area contributed by atoms with Gasteiger partial charge in [0, 0.05) is 6.61 Å². The van der Waals surface area contributed by atoms with Crippen molar-refractivity contribution in [1.82, 2.24) is 0 Å². The molecule has 0 saturated heterocycles. The van der Waals surface area contributed by atoms with Gasteiger partial charge in [0.25, 0.3) is 0 Å². The molecule has 0 fully saturated rings. The Morgan fingerprint density at radius 3 is 2.11 bits per heavy atom. The fourth-order valence-corrected chi connectivity index (χ4v) is 1.74. The van der Waals surface area contributed by atoms with E-state index in [0.29, 0.717) is 13.2 Å². The molecule has 0 spiro atoms. The molecule has 0 N–H and O–H groups in total. The molecule has 2 rings (SSSR count). The second kappa shape index (κ2) is 6.82. The lowest BCUT2D eigenvalue weighted by molar-refractivity contribution is 0.110. The van der Waals surface area contributed by atoms with E-state index in [9.17, 15) is 0 Å². The maximum Gasteiger partial charge on any atom is 0.119 e. The fraction of sp³-hybridized carbons (Fsp3) is 0.250. The molecule has 0 unspecified atom stereocenters. The molecule has 0 aliphatic carbocycles. The number of rotatable bonds is 6. The average molecular weight is 242 g/mol. The standard InChI is InChI=1S/C16H18O2/c1-2-17-12-13-18-16-10-8-15(9-11-16)14-6-4-3-5-7-14/h3-11H,2,12-13H2,1H3. The molecule has 2 aromatic rings. The van der Waals surface area contributed by atoms with Gasteiger partial charge in [0.15, 0.2) is 0 Å². The van der Waals surface area contributed by atoms with Crippen molar-refractivity contribution >= 4 is 0 Å². The van der Waals surface area contributed by atoms with Crippen molar-refractivity contribution in [2.75, 3.05) is 19.8 Å². The first-order valence-corrected chi connectivity index (χ1v) is 6.26. The van der Waals surface area contributed by atoms with Crippen LogP contribution in [0.15, 0.2) is 54.6 Å². The van der Waals surface area contributed by atoms with Crippen LogP contribution < -0.4 is 4.74 Å². The summed E-state index contributed by atoms with van der Waals surface area (Å²) in [5.74, 6) is 0.884. The molecule has 94 valence electrons. The van der Waals surface area contributed by atoms with Gasteiger partial charge in [-0.3, -0.25) is 0 Å². The molecule has 2 heteroatoms. The number of ether oxygens (including phenoxy) is 2. The van der Waals surface area contributed by atoms with E-state index >= 15 is 0 Å². The quantitative estimate of drug-likeness (QED) is 0.718. The second-order valence-corrected chi connectivity index (χ2v) is 3.94. The van der Waals surface area contributed by atoms with Crippen LogP contribution in [0.5, 0.6) is 5.75 Å². The summed E-state index contributed by atoms with van der Waals surface area (Å²) in [7, 11) is 0. The molecule has 0 aromatic heterocycles. The van der Waals surface area contributed by atoms with Crippen LogP contribution in [-0.4, -0.2) is 19.8 Å². The summed E-state index contributed by atoms with van der Waals surface area (Å²) in [6.45, 7) is 3.94. The van der Waals surface area contributed by atoms with Crippen LogP contribution in [0.3, 0.4) is 0 Å². The normalized spacial score (nSPS) is 10.3. The Hall–Kier alpha value is -1.80. The van der Waals surface area contributed by atoms with E-state index in [1.54, 1.807) is 0 Å². The number of benzene rings is 2. The molecule has 0 amide bonds. The Bertz CT molecular complexity index is 448. The highest BCUT2D eigenvalue weighted by Crippen LogP contribution is 2.21. The molecule has 0 saturated carbocycles. The topological polar surface area (TPSA) is 18.5 Å². The average Bonchev–Trinajstić information content (AvgIpc) is 2.45. The molecule has 18 heavy (non-hydrogen) atoms. The Balaban J connectivity index is 1.94. The minimum absolute atomic E-state index is 0.596. The second-order valence-electron chi connectivity index (χ2n) is 3.94. The van der Waals surface area contributed by atoms with E-state index in [1.807, 2.05) is 37.3 Å². The zero-order valence-corrected chi connectivity index (χ0v) is 10.6. The third-order valence-corrected chi connectivity index (χ3v) is 2.66. The molecular formula is C16H18O2. The zero-order valence-electron chi connectivity index (χ0n) is 10.6. The maximum atomic E-state index is 5.57. The lowest BCUT2D eigenvalue weighted by Gasteiger charge is -2.07. The summed E-state index contributed by atoms with van der Waals surface area (Å²) in [4.78, 5) is 0. The monoisotopic (exact) mass is 242 g/mol. The summed E-state index contributed by atoms with van der Waals surface area (Å²) >= 11 is 0. The van der Waals surface area contributed by atoms with E-state index in [0.717, 1.165) is 12.4 Å². The van der Waals surface area contributed by atoms with E-state index < -0.39 is 0 Å². The van der Waals surface area contributed by atoms with Crippen LogP contribution in [0.2, 0.25) is 0 Å². The van der Waals surface area contributed by atoms with Gasteiger partial charge in [0.05, 0.1) is 6.61 Å². The highest BCUT2D eigenvalue weighted by Gasteiger charge is 1.97. The SMILES string of the molecule is CCOCCOc1ccc(-c2ccccc2)cc1. The van der Waals surface area contributed by atoms with Gasteiger partial charge in [0.1, 0.15) is 12.4 Å². The van der Waals surface area contributed by atoms with Gasteiger partial charge in [-0.15, -0.1) is 0 Å². The van der Waals surface area contributed by atoms with E-state index in [-0.39, 0.29) is 0 Å².